The second kappa shape index (κ2) is 7.52. The lowest BCUT2D eigenvalue weighted by molar-refractivity contribution is 1.10. The third-order valence-corrected chi connectivity index (χ3v) is 5.69. The molecule has 160 valence electrons. The number of H-pyrrole nitrogens is 2. The number of rotatable bonds is 4. The molecule has 5 aromatic heterocycles. The van der Waals surface area contributed by atoms with Crippen LogP contribution in [-0.2, 0) is 0 Å². The first-order valence-electron chi connectivity index (χ1n) is 10.5. The topological polar surface area (TPSA) is 99.3 Å². The number of aromatic amines is 2. The summed E-state index contributed by atoms with van der Waals surface area (Å²) in [5.41, 5.74) is 8.10. The minimum atomic E-state index is 0.628. The maximum absolute atomic E-state index is 4.74. The highest BCUT2D eigenvalue weighted by atomic mass is 15.1. The zero-order valence-corrected chi connectivity index (χ0v) is 18.1. The van der Waals surface area contributed by atoms with Crippen molar-refractivity contribution in [2.24, 2.45) is 0 Å². The maximum Gasteiger partial charge on any atom is 0.178 e. The molecule has 33 heavy (non-hydrogen) atoms. The van der Waals surface area contributed by atoms with E-state index in [1.54, 1.807) is 12.4 Å². The van der Waals surface area contributed by atoms with E-state index < -0.39 is 0 Å². The number of imidazole rings is 1. The van der Waals surface area contributed by atoms with Gasteiger partial charge in [-0.15, -0.1) is 0 Å². The molecule has 6 aromatic rings. The summed E-state index contributed by atoms with van der Waals surface area (Å²) in [6.07, 6.45) is 7.26. The molecule has 0 aliphatic rings. The SMILES string of the molecule is CN(C)c1cncc(-c2ccc3[nH]nc(-c4nc5nccc(-c6ccccn6)c5[nH]4)c3c2)c1. The van der Waals surface area contributed by atoms with Gasteiger partial charge in [0.2, 0.25) is 0 Å². The third kappa shape index (κ3) is 3.28. The summed E-state index contributed by atoms with van der Waals surface area (Å²) in [5.74, 6) is 0.657. The van der Waals surface area contributed by atoms with Crippen molar-refractivity contribution >= 4 is 27.8 Å². The van der Waals surface area contributed by atoms with Crippen LogP contribution in [-0.4, -0.2) is 49.2 Å². The predicted octanol–water partition coefficient (Wildman–Crippen LogP) is 4.69. The van der Waals surface area contributed by atoms with Crippen molar-refractivity contribution in [3.05, 3.63) is 73.3 Å². The lowest BCUT2D eigenvalue weighted by Crippen LogP contribution is -2.08. The summed E-state index contributed by atoms with van der Waals surface area (Å²) in [6.45, 7) is 0. The molecule has 0 amide bonds. The van der Waals surface area contributed by atoms with E-state index in [0.29, 0.717) is 11.5 Å². The number of benzene rings is 1. The van der Waals surface area contributed by atoms with E-state index in [9.17, 15) is 0 Å². The van der Waals surface area contributed by atoms with Gasteiger partial charge in [0.25, 0.3) is 0 Å². The molecule has 0 atom stereocenters. The highest BCUT2D eigenvalue weighted by molar-refractivity contribution is 5.97. The van der Waals surface area contributed by atoms with Gasteiger partial charge in [0.1, 0.15) is 5.69 Å². The Morgan fingerprint density at radius 3 is 2.67 bits per heavy atom. The lowest BCUT2D eigenvalue weighted by atomic mass is 10.0. The summed E-state index contributed by atoms with van der Waals surface area (Å²) in [6, 6.07) is 16.1. The van der Waals surface area contributed by atoms with E-state index in [1.165, 1.54) is 0 Å². The van der Waals surface area contributed by atoms with Gasteiger partial charge in [0, 0.05) is 49.2 Å². The Bertz CT molecular complexity index is 1600. The molecular weight excluding hydrogens is 412 g/mol. The number of fused-ring (bicyclic) bond motifs is 2. The molecule has 8 heteroatoms. The Balaban J connectivity index is 1.48. The number of hydrogen-bond acceptors (Lipinski definition) is 6. The van der Waals surface area contributed by atoms with Crippen LogP contribution in [0.2, 0.25) is 0 Å². The van der Waals surface area contributed by atoms with Crippen LogP contribution in [0.5, 0.6) is 0 Å². The van der Waals surface area contributed by atoms with Crippen molar-refractivity contribution in [1.82, 2.24) is 35.1 Å². The van der Waals surface area contributed by atoms with Gasteiger partial charge in [-0.1, -0.05) is 12.1 Å². The summed E-state index contributed by atoms with van der Waals surface area (Å²) in [5, 5.41) is 8.65. The highest BCUT2D eigenvalue weighted by Crippen LogP contribution is 2.32. The van der Waals surface area contributed by atoms with Crippen LogP contribution < -0.4 is 4.90 Å². The van der Waals surface area contributed by atoms with Gasteiger partial charge < -0.3 is 9.88 Å². The van der Waals surface area contributed by atoms with E-state index in [2.05, 4.69) is 48.3 Å². The van der Waals surface area contributed by atoms with Gasteiger partial charge in [-0.05, 0) is 42.0 Å². The molecule has 5 heterocycles. The standard InChI is InChI=1S/C25H20N8/c1-33(2)17-11-16(13-26-14-17)15-6-7-21-19(12-15)23(32-31-21)25-29-22-18(8-10-28-24(22)30-25)20-5-3-4-9-27-20/h3-14H,1-2H3,(H,31,32)(H,28,29,30). The molecule has 0 fully saturated rings. The first-order valence-corrected chi connectivity index (χ1v) is 10.5. The monoisotopic (exact) mass is 432 g/mol. The van der Waals surface area contributed by atoms with Gasteiger partial charge in [-0.25, -0.2) is 9.97 Å². The van der Waals surface area contributed by atoms with Crippen molar-refractivity contribution < 1.29 is 0 Å². The molecule has 0 saturated heterocycles. The number of nitrogens with zero attached hydrogens (tertiary/aromatic N) is 6. The van der Waals surface area contributed by atoms with Gasteiger partial charge >= 0.3 is 0 Å². The van der Waals surface area contributed by atoms with Crippen molar-refractivity contribution in [2.45, 2.75) is 0 Å². The second-order valence-electron chi connectivity index (χ2n) is 8.02. The van der Waals surface area contributed by atoms with Crippen LogP contribution in [0.25, 0.3) is 56.0 Å². The molecule has 0 aliphatic heterocycles. The van der Waals surface area contributed by atoms with Gasteiger partial charge in [-0.3, -0.25) is 15.1 Å². The number of hydrogen-bond donors (Lipinski definition) is 2. The molecule has 8 nitrogen and oxygen atoms in total. The van der Waals surface area contributed by atoms with Crippen LogP contribution in [0, 0.1) is 0 Å². The van der Waals surface area contributed by atoms with Crippen LogP contribution in [0.15, 0.2) is 73.3 Å². The first kappa shape index (κ1) is 19.1. The normalized spacial score (nSPS) is 11.3. The van der Waals surface area contributed by atoms with Crippen molar-refractivity contribution in [2.75, 3.05) is 19.0 Å². The molecule has 0 unspecified atom stereocenters. The fourth-order valence-corrected chi connectivity index (χ4v) is 3.96. The van der Waals surface area contributed by atoms with E-state index in [-0.39, 0.29) is 0 Å². The summed E-state index contributed by atoms with van der Waals surface area (Å²) in [7, 11) is 4.01. The summed E-state index contributed by atoms with van der Waals surface area (Å²) >= 11 is 0. The Hall–Kier alpha value is -4.59. The first-order chi connectivity index (χ1) is 16.2. The Labute approximate surface area is 189 Å². The van der Waals surface area contributed by atoms with Crippen molar-refractivity contribution in [3.63, 3.8) is 0 Å². The third-order valence-electron chi connectivity index (χ3n) is 5.69. The number of pyridine rings is 3. The molecule has 6 rings (SSSR count). The molecule has 0 bridgehead atoms. The molecule has 0 aliphatic carbocycles. The second-order valence-corrected chi connectivity index (χ2v) is 8.02. The van der Waals surface area contributed by atoms with E-state index in [0.717, 1.165) is 50.2 Å². The zero-order valence-electron chi connectivity index (χ0n) is 18.1. The Morgan fingerprint density at radius 2 is 1.82 bits per heavy atom. The van der Waals surface area contributed by atoms with Crippen LogP contribution in [0.4, 0.5) is 5.69 Å². The van der Waals surface area contributed by atoms with Crippen molar-refractivity contribution in [1.29, 1.82) is 0 Å². The van der Waals surface area contributed by atoms with Crippen LogP contribution in [0.3, 0.4) is 0 Å². The lowest BCUT2D eigenvalue weighted by Gasteiger charge is -2.13. The fraction of sp³-hybridized carbons (Fsp3) is 0.0800. The van der Waals surface area contributed by atoms with Crippen LogP contribution in [0.1, 0.15) is 0 Å². The number of nitrogens with one attached hydrogen (secondary N) is 2. The fourth-order valence-electron chi connectivity index (χ4n) is 3.96. The Morgan fingerprint density at radius 1 is 0.879 bits per heavy atom. The van der Waals surface area contributed by atoms with Gasteiger partial charge in [-0.2, -0.15) is 5.10 Å². The van der Waals surface area contributed by atoms with Crippen LogP contribution >= 0.6 is 0 Å². The average molecular weight is 432 g/mol. The minimum absolute atomic E-state index is 0.628. The average Bonchev–Trinajstić information content (AvgIpc) is 3.48. The smallest absolute Gasteiger partial charge is 0.178 e. The number of anilines is 1. The molecule has 0 saturated carbocycles. The zero-order chi connectivity index (χ0) is 22.4. The molecule has 0 spiro atoms. The van der Waals surface area contributed by atoms with E-state index in [4.69, 9.17) is 4.98 Å². The van der Waals surface area contributed by atoms with E-state index >= 15 is 0 Å². The van der Waals surface area contributed by atoms with E-state index in [1.807, 2.05) is 61.7 Å². The van der Waals surface area contributed by atoms with Crippen molar-refractivity contribution in [3.8, 4) is 33.9 Å². The highest BCUT2D eigenvalue weighted by Gasteiger charge is 2.16. The predicted molar refractivity (Wildman–Crippen MR) is 130 cm³/mol. The minimum Gasteiger partial charge on any atom is -0.376 e. The summed E-state index contributed by atoms with van der Waals surface area (Å²) in [4.78, 5) is 23.5. The molecule has 2 N–H and O–H groups in total. The number of aromatic nitrogens is 7. The van der Waals surface area contributed by atoms with Gasteiger partial charge in [0.05, 0.1) is 28.6 Å². The quantitative estimate of drug-likeness (QED) is 0.419. The maximum atomic E-state index is 4.74. The Kier molecular flexibility index (Phi) is 4.36. The molecule has 1 aromatic carbocycles. The largest absolute Gasteiger partial charge is 0.376 e. The van der Waals surface area contributed by atoms with Gasteiger partial charge in [0.15, 0.2) is 11.5 Å². The summed E-state index contributed by atoms with van der Waals surface area (Å²) < 4.78 is 0. The molecule has 0 radical (unpaired) electrons. The molecular formula is C25H20N8.